The van der Waals surface area contributed by atoms with E-state index in [2.05, 4.69) is 15.3 Å². The number of ether oxygens (including phenoxy) is 1. The highest BCUT2D eigenvalue weighted by molar-refractivity contribution is 4.97. The van der Waals surface area contributed by atoms with Crippen LogP contribution in [-0.4, -0.2) is 67.6 Å². The molecule has 19 heavy (non-hydrogen) atoms. The molecule has 0 unspecified atom stereocenters. The predicted octanol–water partition coefficient (Wildman–Crippen LogP) is -0.0893. The van der Waals surface area contributed by atoms with E-state index in [1.807, 2.05) is 12.1 Å². The lowest BCUT2D eigenvalue weighted by atomic mass is 10.3. The Labute approximate surface area is 113 Å². The number of rotatable bonds is 8. The minimum atomic E-state index is 0.102. The first-order valence-electron chi connectivity index (χ1n) is 6.80. The fraction of sp³-hybridized carbons (Fsp3) is 0.692. The third-order valence-electron chi connectivity index (χ3n) is 3.22. The molecule has 2 N–H and O–H groups in total. The minimum absolute atomic E-state index is 0.102. The number of piperazine rings is 1. The molecule has 1 aromatic heterocycles. The highest BCUT2D eigenvalue weighted by Crippen LogP contribution is 2.02. The van der Waals surface area contributed by atoms with E-state index in [9.17, 15) is 0 Å². The molecule has 1 saturated heterocycles. The Morgan fingerprint density at radius 3 is 2.79 bits per heavy atom. The third kappa shape index (κ3) is 5.30. The van der Waals surface area contributed by atoms with E-state index in [4.69, 9.17) is 14.3 Å². The van der Waals surface area contributed by atoms with E-state index in [1.54, 1.807) is 6.26 Å². The van der Waals surface area contributed by atoms with Gasteiger partial charge in [-0.05, 0) is 12.1 Å². The van der Waals surface area contributed by atoms with Crippen LogP contribution in [0.1, 0.15) is 5.76 Å². The Kier molecular flexibility index (Phi) is 6.32. The predicted molar refractivity (Wildman–Crippen MR) is 71.5 cm³/mol. The van der Waals surface area contributed by atoms with Crippen LogP contribution in [0.4, 0.5) is 0 Å². The van der Waals surface area contributed by atoms with E-state index in [0.29, 0.717) is 13.2 Å². The molecule has 2 rings (SSSR count). The van der Waals surface area contributed by atoms with Gasteiger partial charge in [0.15, 0.2) is 0 Å². The van der Waals surface area contributed by atoms with Crippen molar-refractivity contribution in [2.75, 3.05) is 52.5 Å². The number of aliphatic hydroxyl groups is 1. The molecule has 1 aliphatic heterocycles. The normalized spacial score (nSPS) is 17.9. The average Bonchev–Trinajstić information content (AvgIpc) is 2.96. The second-order valence-electron chi connectivity index (χ2n) is 4.58. The van der Waals surface area contributed by atoms with Gasteiger partial charge in [0.2, 0.25) is 0 Å². The first kappa shape index (κ1) is 14.5. The fourth-order valence-corrected chi connectivity index (χ4v) is 2.09. The van der Waals surface area contributed by atoms with Crippen LogP contribution < -0.4 is 5.43 Å². The lowest BCUT2D eigenvalue weighted by molar-refractivity contribution is 0.0444. The maximum atomic E-state index is 8.61. The zero-order valence-electron chi connectivity index (χ0n) is 11.3. The number of nitrogens with zero attached hydrogens (tertiary/aromatic N) is 2. The lowest BCUT2D eigenvalue weighted by Crippen LogP contribution is -2.52. The Bertz CT molecular complexity index is 324. The van der Waals surface area contributed by atoms with Gasteiger partial charge in [-0.2, -0.15) is 0 Å². The lowest BCUT2D eigenvalue weighted by Gasteiger charge is -2.34. The topological polar surface area (TPSA) is 61.1 Å². The highest BCUT2D eigenvalue weighted by Gasteiger charge is 2.16. The molecule has 0 atom stereocenters. The van der Waals surface area contributed by atoms with Crippen LogP contribution in [0.2, 0.25) is 0 Å². The number of furan rings is 1. The van der Waals surface area contributed by atoms with Gasteiger partial charge < -0.3 is 14.3 Å². The zero-order valence-corrected chi connectivity index (χ0v) is 11.3. The average molecular weight is 269 g/mol. The van der Waals surface area contributed by atoms with Crippen LogP contribution in [0.15, 0.2) is 22.8 Å². The van der Waals surface area contributed by atoms with Gasteiger partial charge in [-0.1, -0.05) is 0 Å². The van der Waals surface area contributed by atoms with Crippen LogP contribution in [0.5, 0.6) is 0 Å². The van der Waals surface area contributed by atoms with Crippen LogP contribution in [0, 0.1) is 0 Å². The molecular weight excluding hydrogens is 246 g/mol. The Morgan fingerprint density at radius 2 is 2.11 bits per heavy atom. The van der Waals surface area contributed by atoms with Gasteiger partial charge in [-0.15, -0.1) is 0 Å². The summed E-state index contributed by atoms with van der Waals surface area (Å²) < 4.78 is 10.6. The quantitative estimate of drug-likeness (QED) is 0.643. The second kappa shape index (κ2) is 8.29. The summed E-state index contributed by atoms with van der Waals surface area (Å²) in [6.45, 7) is 6.98. The summed E-state index contributed by atoms with van der Waals surface area (Å²) in [7, 11) is 0. The summed E-state index contributed by atoms with van der Waals surface area (Å²) in [6, 6.07) is 3.88. The Morgan fingerprint density at radius 1 is 1.26 bits per heavy atom. The van der Waals surface area contributed by atoms with Crippen molar-refractivity contribution in [3.8, 4) is 0 Å². The highest BCUT2D eigenvalue weighted by atomic mass is 16.5. The molecule has 0 aromatic carbocycles. The Balaban J connectivity index is 1.55. The minimum Gasteiger partial charge on any atom is -0.468 e. The van der Waals surface area contributed by atoms with Gasteiger partial charge in [0.25, 0.3) is 0 Å². The van der Waals surface area contributed by atoms with Crippen molar-refractivity contribution in [3.63, 3.8) is 0 Å². The smallest absolute Gasteiger partial charge is 0.118 e. The van der Waals surface area contributed by atoms with Crippen LogP contribution >= 0.6 is 0 Å². The Hall–Kier alpha value is -0.920. The molecule has 1 aliphatic rings. The van der Waals surface area contributed by atoms with E-state index < -0.39 is 0 Å². The SMILES string of the molecule is OCCOCCN1CCN(NCc2ccco2)CC1. The number of hydrazine groups is 1. The maximum Gasteiger partial charge on any atom is 0.118 e. The molecule has 1 aromatic rings. The first-order chi connectivity index (χ1) is 9.38. The van der Waals surface area contributed by atoms with Crippen molar-refractivity contribution in [1.29, 1.82) is 0 Å². The summed E-state index contributed by atoms with van der Waals surface area (Å²) in [5.74, 6) is 0.958. The molecule has 0 radical (unpaired) electrons. The molecular formula is C13H23N3O3. The van der Waals surface area contributed by atoms with Crippen LogP contribution in [-0.2, 0) is 11.3 Å². The van der Waals surface area contributed by atoms with Gasteiger partial charge in [0.1, 0.15) is 5.76 Å². The number of hydrogen-bond donors (Lipinski definition) is 2. The monoisotopic (exact) mass is 269 g/mol. The van der Waals surface area contributed by atoms with E-state index in [0.717, 1.165) is 45.0 Å². The van der Waals surface area contributed by atoms with Gasteiger partial charge in [0.05, 0.1) is 32.6 Å². The van der Waals surface area contributed by atoms with Crippen molar-refractivity contribution < 1.29 is 14.3 Å². The van der Waals surface area contributed by atoms with Crippen molar-refractivity contribution in [2.24, 2.45) is 0 Å². The summed E-state index contributed by atoms with van der Waals surface area (Å²) >= 11 is 0. The molecule has 0 bridgehead atoms. The number of aliphatic hydroxyl groups excluding tert-OH is 1. The summed E-state index contributed by atoms with van der Waals surface area (Å²) in [5, 5.41) is 10.8. The van der Waals surface area contributed by atoms with Crippen LogP contribution in [0.3, 0.4) is 0 Å². The molecule has 2 heterocycles. The van der Waals surface area contributed by atoms with Gasteiger partial charge in [0, 0.05) is 32.7 Å². The van der Waals surface area contributed by atoms with Crippen LogP contribution in [0.25, 0.3) is 0 Å². The summed E-state index contributed by atoms with van der Waals surface area (Å²) in [5.41, 5.74) is 3.37. The maximum absolute atomic E-state index is 8.61. The largest absolute Gasteiger partial charge is 0.468 e. The third-order valence-corrected chi connectivity index (χ3v) is 3.22. The standard InChI is InChI=1S/C13H23N3O3/c17-8-11-18-10-7-15-3-5-16(6-4-15)14-12-13-2-1-9-19-13/h1-2,9,14,17H,3-8,10-12H2. The van der Waals surface area contributed by atoms with Crippen molar-refractivity contribution in [3.05, 3.63) is 24.2 Å². The first-order valence-corrected chi connectivity index (χ1v) is 6.80. The second-order valence-corrected chi connectivity index (χ2v) is 4.58. The van der Waals surface area contributed by atoms with Crippen molar-refractivity contribution in [2.45, 2.75) is 6.54 Å². The molecule has 1 fully saturated rings. The van der Waals surface area contributed by atoms with Crippen molar-refractivity contribution in [1.82, 2.24) is 15.3 Å². The molecule has 0 aliphatic carbocycles. The van der Waals surface area contributed by atoms with Gasteiger partial charge in [-0.3, -0.25) is 4.90 Å². The fourth-order valence-electron chi connectivity index (χ4n) is 2.09. The summed E-state index contributed by atoms with van der Waals surface area (Å²) in [4.78, 5) is 2.38. The number of hydrogen-bond acceptors (Lipinski definition) is 6. The number of nitrogens with one attached hydrogen (secondary N) is 1. The molecule has 6 heteroatoms. The zero-order chi connectivity index (χ0) is 13.3. The van der Waals surface area contributed by atoms with Gasteiger partial charge >= 0.3 is 0 Å². The van der Waals surface area contributed by atoms with E-state index >= 15 is 0 Å². The van der Waals surface area contributed by atoms with E-state index in [-0.39, 0.29) is 6.61 Å². The summed E-state index contributed by atoms with van der Waals surface area (Å²) in [6.07, 6.45) is 1.70. The van der Waals surface area contributed by atoms with E-state index in [1.165, 1.54) is 0 Å². The molecule has 0 saturated carbocycles. The molecule has 6 nitrogen and oxygen atoms in total. The molecule has 0 spiro atoms. The molecule has 0 amide bonds. The van der Waals surface area contributed by atoms with Gasteiger partial charge in [-0.25, -0.2) is 10.4 Å². The molecule has 108 valence electrons. The van der Waals surface area contributed by atoms with Crippen molar-refractivity contribution >= 4 is 0 Å².